The summed E-state index contributed by atoms with van der Waals surface area (Å²) in [6, 6.07) is 13.4. The van der Waals surface area contributed by atoms with Gasteiger partial charge in [-0.3, -0.25) is 9.59 Å². The Morgan fingerprint density at radius 1 is 1.18 bits per heavy atom. The van der Waals surface area contributed by atoms with Crippen molar-refractivity contribution in [3.05, 3.63) is 69.5 Å². The highest BCUT2D eigenvalue weighted by Crippen LogP contribution is 2.34. The van der Waals surface area contributed by atoms with Crippen molar-refractivity contribution >= 4 is 40.7 Å². The van der Waals surface area contributed by atoms with Crippen LogP contribution in [0.5, 0.6) is 0 Å². The molecular weight excluding hydrogens is 446 g/mol. The van der Waals surface area contributed by atoms with Gasteiger partial charge in [-0.2, -0.15) is 0 Å². The zero-order chi connectivity index (χ0) is 23.5. The second-order valence-corrected chi connectivity index (χ2v) is 8.38. The van der Waals surface area contributed by atoms with E-state index in [1.165, 1.54) is 24.1 Å². The molecule has 2 heterocycles. The van der Waals surface area contributed by atoms with Gasteiger partial charge in [-0.25, -0.2) is 4.79 Å². The maximum Gasteiger partial charge on any atom is 0.336 e. The van der Waals surface area contributed by atoms with Gasteiger partial charge in [0.05, 0.1) is 13.0 Å². The van der Waals surface area contributed by atoms with Crippen LogP contribution >= 0.6 is 11.6 Å². The molecule has 1 aliphatic heterocycles. The summed E-state index contributed by atoms with van der Waals surface area (Å²) in [5, 5.41) is 1.12. The Kier molecular flexibility index (Phi) is 6.60. The molecule has 1 saturated heterocycles. The first-order valence-corrected chi connectivity index (χ1v) is 11.0. The Morgan fingerprint density at radius 2 is 1.97 bits per heavy atom. The van der Waals surface area contributed by atoms with Gasteiger partial charge < -0.3 is 18.8 Å². The lowest BCUT2D eigenvalue weighted by Crippen LogP contribution is -2.44. The standard InChI is InChI=1S/C25H22ClNO6/c1-32-25(31)16-5-4-10-27(13-16)24(30)20(14-28)15-8-9-18-19(12-23(29)33-22(18)11-15)17-6-2-3-7-21(17)26/h2-3,6-9,11-12,14,16,20H,4-5,10,13H2,1H3. The normalized spacial score (nSPS) is 16.9. The number of amides is 1. The fourth-order valence-corrected chi connectivity index (χ4v) is 4.53. The summed E-state index contributed by atoms with van der Waals surface area (Å²) >= 11 is 6.33. The molecule has 8 heteroatoms. The topological polar surface area (TPSA) is 93.9 Å². The van der Waals surface area contributed by atoms with E-state index < -0.39 is 23.4 Å². The Hall–Kier alpha value is -3.45. The summed E-state index contributed by atoms with van der Waals surface area (Å²) in [5.74, 6) is -2.26. The molecule has 2 unspecified atom stereocenters. The van der Waals surface area contributed by atoms with Crippen LogP contribution in [0.2, 0.25) is 5.02 Å². The van der Waals surface area contributed by atoms with Crippen LogP contribution in [0.15, 0.2) is 57.7 Å². The van der Waals surface area contributed by atoms with Crippen molar-refractivity contribution < 1.29 is 23.5 Å². The SMILES string of the molecule is COC(=O)C1CCCN(C(=O)C(C=O)c2ccc3c(-c4ccccc4Cl)cc(=O)oc3c2)C1. The van der Waals surface area contributed by atoms with E-state index in [-0.39, 0.29) is 18.1 Å². The first kappa shape index (κ1) is 22.7. The number of hydrogen-bond donors (Lipinski definition) is 0. The van der Waals surface area contributed by atoms with Crippen molar-refractivity contribution in [2.75, 3.05) is 20.2 Å². The summed E-state index contributed by atoms with van der Waals surface area (Å²) in [4.78, 5) is 50.8. The summed E-state index contributed by atoms with van der Waals surface area (Å²) in [7, 11) is 1.32. The minimum absolute atomic E-state index is 0.204. The molecular formula is C25H22ClNO6. The highest BCUT2D eigenvalue weighted by atomic mass is 35.5. The molecule has 1 aliphatic rings. The van der Waals surface area contributed by atoms with Crippen molar-refractivity contribution in [2.24, 2.45) is 5.92 Å². The molecule has 0 aliphatic carbocycles. The number of fused-ring (bicyclic) bond motifs is 1. The molecule has 7 nitrogen and oxygen atoms in total. The third kappa shape index (κ3) is 4.54. The smallest absolute Gasteiger partial charge is 0.336 e. The van der Waals surface area contributed by atoms with E-state index in [1.54, 1.807) is 30.3 Å². The van der Waals surface area contributed by atoms with Gasteiger partial charge in [0.25, 0.3) is 0 Å². The monoisotopic (exact) mass is 467 g/mol. The Balaban J connectivity index is 1.69. The van der Waals surface area contributed by atoms with Crippen LogP contribution in [-0.2, 0) is 19.1 Å². The van der Waals surface area contributed by atoms with Gasteiger partial charge in [-0.05, 0) is 30.5 Å². The number of carbonyl (C=O) groups is 3. The highest BCUT2D eigenvalue weighted by molar-refractivity contribution is 6.33. The summed E-state index contributed by atoms with van der Waals surface area (Å²) < 4.78 is 10.2. The lowest BCUT2D eigenvalue weighted by Gasteiger charge is -2.32. The van der Waals surface area contributed by atoms with Gasteiger partial charge in [0.1, 0.15) is 17.8 Å². The number of esters is 1. The second kappa shape index (κ2) is 9.58. The van der Waals surface area contributed by atoms with Crippen LogP contribution in [0, 0.1) is 5.92 Å². The molecule has 33 heavy (non-hydrogen) atoms. The van der Waals surface area contributed by atoms with Crippen molar-refractivity contribution in [3.63, 3.8) is 0 Å². The van der Waals surface area contributed by atoms with Gasteiger partial charge in [-0.1, -0.05) is 41.9 Å². The average molecular weight is 468 g/mol. The van der Waals surface area contributed by atoms with E-state index in [2.05, 4.69) is 0 Å². The third-order valence-corrected chi connectivity index (χ3v) is 6.29. The molecule has 4 rings (SSSR count). The van der Waals surface area contributed by atoms with Crippen LogP contribution < -0.4 is 5.63 Å². The van der Waals surface area contributed by atoms with Gasteiger partial charge in [0.15, 0.2) is 0 Å². The van der Waals surface area contributed by atoms with Crippen LogP contribution in [-0.4, -0.2) is 43.3 Å². The Bertz CT molecular complexity index is 1280. The number of aldehydes is 1. The number of hydrogen-bond acceptors (Lipinski definition) is 6. The molecule has 0 spiro atoms. The van der Waals surface area contributed by atoms with Crippen molar-refractivity contribution in [1.29, 1.82) is 0 Å². The summed E-state index contributed by atoms with van der Waals surface area (Å²) in [5.41, 5.74) is 1.36. The summed E-state index contributed by atoms with van der Waals surface area (Å²) in [6.07, 6.45) is 1.85. The van der Waals surface area contributed by atoms with E-state index >= 15 is 0 Å². The number of methoxy groups -OCH3 is 1. The minimum Gasteiger partial charge on any atom is -0.469 e. The zero-order valence-electron chi connectivity index (χ0n) is 18.0. The molecule has 1 aromatic heterocycles. The molecule has 3 aromatic rings. The van der Waals surface area contributed by atoms with Gasteiger partial charge in [0.2, 0.25) is 5.91 Å². The van der Waals surface area contributed by atoms with Crippen LogP contribution in [0.25, 0.3) is 22.1 Å². The maximum atomic E-state index is 13.2. The van der Waals surface area contributed by atoms with E-state index in [9.17, 15) is 19.2 Å². The number of carbonyl (C=O) groups excluding carboxylic acids is 3. The number of ether oxygens (including phenoxy) is 1. The highest BCUT2D eigenvalue weighted by Gasteiger charge is 2.33. The van der Waals surface area contributed by atoms with E-state index in [0.717, 1.165) is 0 Å². The first-order valence-electron chi connectivity index (χ1n) is 10.6. The predicted molar refractivity (Wildman–Crippen MR) is 123 cm³/mol. The molecule has 2 aromatic carbocycles. The van der Waals surface area contributed by atoms with Gasteiger partial charge in [0, 0.05) is 40.7 Å². The molecule has 2 atom stereocenters. The molecule has 1 fully saturated rings. The lowest BCUT2D eigenvalue weighted by molar-refractivity contribution is -0.149. The predicted octanol–water partition coefficient (Wildman–Crippen LogP) is 3.81. The number of nitrogens with zero attached hydrogens (tertiary/aromatic N) is 1. The maximum absolute atomic E-state index is 13.2. The lowest BCUT2D eigenvalue weighted by atomic mass is 9.93. The first-order chi connectivity index (χ1) is 15.9. The zero-order valence-corrected chi connectivity index (χ0v) is 18.7. The van der Waals surface area contributed by atoms with Gasteiger partial charge >= 0.3 is 11.6 Å². The Labute approximate surface area is 194 Å². The number of halogens is 1. The molecule has 1 amide bonds. The quantitative estimate of drug-likeness (QED) is 0.245. The number of rotatable bonds is 5. The van der Waals surface area contributed by atoms with E-state index in [1.807, 2.05) is 6.07 Å². The summed E-state index contributed by atoms with van der Waals surface area (Å²) in [6.45, 7) is 0.658. The third-order valence-electron chi connectivity index (χ3n) is 5.96. The van der Waals surface area contributed by atoms with Crippen molar-refractivity contribution in [2.45, 2.75) is 18.8 Å². The number of piperidine rings is 1. The fraction of sp³-hybridized carbons (Fsp3) is 0.280. The Morgan fingerprint density at radius 3 is 2.70 bits per heavy atom. The molecule has 0 radical (unpaired) electrons. The molecule has 0 bridgehead atoms. The van der Waals surface area contributed by atoms with Crippen LogP contribution in [0.1, 0.15) is 24.3 Å². The largest absolute Gasteiger partial charge is 0.469 e. The average Bonchev–Trinajstić information content (AvgIpc) is 2.83. The second-order valence-electron chi connectivity index (χ2n) is 7.97. The molecule has 0 N–H and O–H groups in total. The number of benzene rings is 2. The molecule has 170 valence electrons. The van der Waals surface area contributed by atoms with Crippen molar-refractivity contribution in [1.82, 2.24) is 4.90 Å². The van der Waals surface area contributed by atoms with Crippen LogP contribution in [0.3, 0.4) is 0 Å². The van der Waals surface area contributed by atoms with E-state index in [4.69, 9.17) is 20.8 Å². The van der Waals surface area contributed by atoms with Crippen molar-refractivity contribution in [3.8, 4) is 11.1 Å². The number of likely N-dealkylation sites (tertiary alicyclic amines) is 1. The minimum atomic E-state index is -1.08. The molecule has 0 saturated carbocycles. The van der Waals surface area contributed by atoms with Crippen LogP contribution in [0.4, 0.5) is 0 Å². The van der Waals surface area contributed by atoms with Gasteiger partial charge in [-0.15, -0.1) is 0 Å². The van der Waals surface area contributed by atoms with E-state index in [0.29, 0.717) is 52.8 Å². The fourth-order valence-electron chi connectivity index (χ4n) is 4.29.